The van der Waals surface area contributed by atoms with Crippen LogP contribution in [0.2, 0.25) is 0 Å². The first-order valence-electron chi connectivity index (χ1n) is 12.2. The quantitative estimate of drug-likeness (QED) is 0.453. The van der Waals surface area contributed by atoms with Gasteiger partial charge in [-0.1, -0.05) is 0 Å². The summed E-state index contributed by atoms with van der Waals surface area (Å²) in [5.41, 5.74) is -0.725. The second kappa shape index (κ2) is 10.1. The third-order valence-electron chi connectivity index (χ3n) is 6.80. The monoisotopic (exact) mass is 519 g/mol. The zero-order valence-corrected chi connectivity index (χ0v) is 20.2. The average Bonchev–Trinajstić information content (AvgIpc) is 2.88. The van der Waals surface area contributed by atoms with Crippen molar-refractivity contribution in [3.63, 3.8) is 0 Å². The molecule has 5 rings (SSSR count). The number of halogens is 5. The highest BCUT2D eigenvalue weighted by molar-refractivity contribution is 5.60. The molecule has 1 atom stereocenters. The molecule has 0 aliphatic carbocycles. The highest BCUT2D eigenvalue weighted by Gasteiger charge is 2.36. The number of benzene rings is 1. The molecule has 2 aliphatic rings. The molecular formula is C25H26F5N7. The highest BCUT2D eigenvalue weighted by atomic mass is 19.4. The summed E-state index contributed by atoms with van der Waals surface area (Å²) in [6.45, 7) is 4.01. The maximum Gasteiger partial charge on any atom is 0.419 e. The van der Waals surface area contributed by atoms with Crippen LogP contribution in [-0.4, -0.2) is 58.7 Å². The van der Waals surface area contributed by atoms with E-state index in [9.17, 15) is 22.0 Å². The fraction of sp³-hybridized carbons (Fsp3) is 0.440. The van der Waals surface area contributed by atoms with Crippen molar-refractivity contribution in [2.45, 2.75) is 38.4 Å². The fourth-order valence-corrected chi connectivity index (χ4v) is 4.80. The molecule has 2 saturated heterocycles. The van der Waals surface area contributed by atoms with Gasteiger partial charge in [-0.3, -0.25) is 0 Å². The number of hydrogen-bond acceptors (Lipinski definition) is 7. The van der Waals surface area contributed by atoms with Gasteiger partial charge in [-0.05, 0) is 50.5 Å². The van der Waals surface area contributed by atoms with Gasteiger partial charge in [0.25, 0.3) is 0 Å². The molecule has 2 aliphatic heterocycles. The fourth-order valence-electron chi connectivity index (χ4n) is 4.80. The molecule has 1 aromatic carbocycles. The molecule has 37 heavy (non-hydrogen) atoms. The minimum Gasteiger partial charge on any atom is -0.353 e. The van der Waals surface area contributed by atoms with E-state index in [-0.39, 0.29) is 36.3 Å². The Balaban J connectivity index is 1.45. The summed E-state index contributed by atoms with van der Waals surface area (Å²) in [6.07, 6.45) is -0.145. The molecule has 2 aromatic heterocycles. The zero-order chi connectivity index (χ0) is 26.2. The van der Waals surface area contributed by atoms with E-state index in [1.807, 2.05) is 4.90 Å². The lowest BCUT2D eigenvalue weighted by Crippen LogP contribution is -2.48. The summed E-state index contributed by atoms with van der Waals surface area (Å²) >= 11 is 0. The maximum absolute atomic E-state index is 14.7. The van der Waals surface area contributed by atoms with Crippen LogP contribution in [0.25, 0.3) is 11.4 Å². The minimum atomic E-state index is -4.51. The first kappa shape index (κ1) is 25.1. The molecule has 0 N–H and O–H groups in total. The number of anilines is 3. The largest absolute Gasteiger partial charge is 0.419 e. The number of alkyl halides is 3. The SMILES string of the molecule is CC1CCCCN1c1nc(-c2ccc(F)cc2F)nc(N2CCN(c3ncccc3C(F)(F)F)CC2)n1. The molecule has 0 radical (unpaired) electrons. The van der Waals surface area contributed by atoms with Gasteiger partial charge < -0.3 is 14.7 Å². The summed E-state index contributed by atoms with van der Waals surface area (Å²) in [4.78, 5) is 23.2. The van der Waals surface area contributed by atoms with Crippen LogP contribution in [0.5, 0.6) is 0 Å². The summed E-state index contributed by atoms with van der Waals surface area (Å²) in [5, 5.41) is 0. The lowest BCUT2D eigenvalue weighted by atomic mass is 10.0. The Morgan fingerprint density at radius 1 is 0.865 bits per heavy atom. The molecule has 7 nitrogen and oxygen atoms in total. The van der Waals surface area contributed by atoms with Gasteiger partial charge >= 0.3 is 6.18 Å². The van der Waals surface area contributed by atoms with Gasteiger partial charge in [0, 0.05) is 51.0 Å². The Morgan fingerprint density at radius 2 is 1.59 bits per heavy atom. The van der Waals surface area contributed by atoms with Crippen LogP contribution < -0.4 is 14.7 Å². The Bertz CT molecular complexity index is 1260. The van der Waals surface area contributed by atoms with Crippen LogP contribution in [0.3, 0.4) is 0 Å². The van der Waals surface area contributed by atoms with E-state index in [0.29, 0.717) is 25.0 Å². The Hall–Kier alpha value is -3.57. The topological polar surface area (TPSA) is 61.3 Å². The smallest absolute Gasteiger partial charge is 0.353 e. The molecule has 4 heterocycles. The van der Waals surface area contributed by atoms with Gasteiger partial charge in [0.15, 0.2) is 5.82 Å². The van der Waals surface area contributed by atoms with Crippen molar-refractivity contribution in [2.24, 2.45) is 0 Å². The second-order valence-electron chi connectivity index (χ2n) is 9.27. The summed E-state index contributed by atoms with van der Waals surface area (Å²) in [7, 11) is 0. The van der Waals surface area contributed by atoms with Gasteiger partial charge in [0.1, 0.15) is 17.5 Å². The first-order chi connectivity index (χ1) is 17.7. The van der Waals surface area contributed by atoms with Crippen LogP contribution in [-0.2, 0) is 6.18 Å². The molecule has 0 bridgehead atoms. The number of piperazine rings is 1. The number of nitrogens with zero attached hydrogens (tertiary/aromatic N) is 7. The van der Waals surface area contributed by atoms with Crippen molar-refractivity contribution in [2.75, 3.05) is 47.4 Å². The zero-order valence-electron chi connectivity index (χ0n) is 20.2. The van der Waals surface area contributed by atoms with E-state index in [2.05, 4.69) is 31.8 Å². The van der Waals surface area contributed by atoms with Crippen LogP contribution in [0.15, 0.2) is 36.5 Å². The Morgan fingerprint density at radius 3 is 2.30 bits per heavy atom. The van der Waals surface area contributed by atoms with Crippen molar-refractivity contribution in [3.8, 4) is 11.4 Å². The lowest BCUT2D eigenvalue weighted by Gasteiger charge is -2.37. The highest BCUT2D eigenvalue weighted by Crippen LogP contribution is 2.36. The Labute approximate surface area is 211 Å². The van der Waals surface area contributed by atoms with E-state index in [4.69, 9.17) is 0 Å². The number of aromatic nitrogens is 4. The van der Waals surface area contributed by atoms with Crippen molar-refractivity contribution in [1.82, 2.24) is 19.9 Å². The van der Waals surface area contributed by atoms with E-state index in [0.717, 1.165) is 44.0 Å². The number of hydrogen-bond donors (Lipinski definition) is 0. The van der Waals surface area contributed by atoms with E-state index < -0.39 is 23.4 Å². The summed E-state index contributed by atoms with van der Waals surface area (Å²) in [5.74, 6) is -0.802. The molecule has 0 saturated carbocycles. The van der Waals surface area contributed by atoms with Gasteiger partial charge in [0.2, 0.25) is 11.9 Å². The molecule has 12 heteroatoms. The predicted molar refractivity (Wildman–Crippen MR) is 130 cm³/mol. The minimum absolute atomic E-state index is 0.0536. The lowest BCUT2D eigenvalue weighted by molar-refractivity contribution is -0.137. The van der Waals surface area contributed by atoms with Crippen LogP contribution in [0, 0.1) is 11.6 Å². The molecule has 3 aromatic rings. The van der Waals surface area contributed by atoms with E-state index in [1.165, 1.54) is 18.3 Å². The first-order valence-corrected chi connectivity index (χ1v) is 12.2. The van der Waals surface area contributed by atoms with Crippen molar-refractivity contribution < 1.29 is 22.0 Å². The normalized spacial score (nSPS) is 18.9. The van der Waals surface area contributed by atoms with Gasteiger partial charge in [-0.2, -0.15) is 28.1 Å². The summed E-state index contributed by atoms with van der Waals surface area (Å²) in [6, 6.07) is 5.70. The van der Waals surface area contributed by atoms with Gasteiger partial charge in [0.05, 0.1) is 11.1 Å². The van der Waals surface area contributed by atoms with Crippen molar-refractivity contribution >= 4 is 17.7 Å². The van der Waals surface area contributed by atoms with Crippen LogP contribution >= 0.6 is 0 Å². The number of piperidine rings is 1. The summed E-state index contributed by atoms with van der Waals surface area (Å²) < 4.78 is 68.7. The molecule has 196 valence electrons. The van der Waals surface area contributed by atoms with Gasteiger partial charge in [-0.25, -0.2) is 13.8 Å². The third-order valence-corrected chi connectivity index (χ3v) is 6.80. The Kier molecular flexibility index (Phi) is 6.82. The number of rotatable bonds is 4. The number of pyridine rings is 1. The molecule has 0 spiro atoms. The standard InChI is InChI=1S/C25H26F5N7/c1-16-5-2-3-10-37(16)24-33-21(18-8-7-17(26)15-20(18)27)32-23(34-24)36-13-11-35(12-14-36)22-19(25(28,29)30)6-4-9-31-22/h4,6-9,15-16H,2-3,5,10-14H2,1H3. The average molecular weight is 520 g/mol. The van der Waals surface area contributed by atoms with Crippen molar-refractivity contribution in [1.29, 1.82) is 0 Å². The van der Waals surface area contributed by atoms with E-state index >= 15 is 0 Å². The molecule has 1 unspecified atom stereocenters. The molecule has 0 amide bonds. The molecule has 2 fully saturated rings. The van der Waals surface area contributed by atoms with Gasteiger partial charge in [-0.15, -0.1) is 0 Å². The maximum atomic E-state index is 14.7. The second-order valence-corrected chi connectivity index (χ2v) is 9.27. The van der Waals surface area contributed by atoms with Crippen LogP contribution in [0.1, 0.15) is 31.7 Å². The van der Waals surface area contributed by atoms with E-state index in [1.54, 1.807) is 4.90 Å². The van der Waals surface area contributed by atoms with Crippen LogP contribution in [0.4, 0.5) is 39.7 Å². The predicted octanol–water partition coefficient (Wildman–Crippen LogP) is 4.94. The third kappa shape index (κ3) is 5.28. The van der Waals surface area contributed by atoms with Crippen molar-refractivity contribution in [3.05, 3.63) is 53.7 Å². The molecular weight excluding hydrogens is 493 g/mol.